The normalized spacial score (nSPS) is 10.6. The first-order chi connectivity index (χ1) is 7.76. The molecule has 0 unspecified atom stereocenters. The first-order valence-electron chi connectivity index (χ1n) is 5.99. The molecule has 0 saturated carbocycles. The SMILES string of the molecule is C=C/C=C\C(=C/C)C(=O)NCCCC.CC. The van der Waals surface area contributed by atoms with Crippen molar-refractivity contribution in [3.8, 4) is 0 Å². The molecule has 0 spiro atoms. The number of rotatable bonds is 6. The van der Waals surface area contributed by atoms with E-state index in [1.165, 1.54) is 0 Å². The molecule has 1 amide bonds. The van der Waals surface area contributed by atoms with E-state index in [0.717, 1.165) is 19.4 Å². The summed E-state index contributed by atoms with van der Waals surface area (Å²) in [6.45, 7) is 12.2. The predicted molar refractivity (Wildman–Crippen MR) is 72.4 cm³/mol. The summed E-state index contributed by atoms with van der Waals surface area (Å²) in [5.41, 5.74) is 0.681. The van der Waals surface area contributed by atoms with Crippen LogP contribution in [0.2, 0.25) is 0 Å². The third-order valence-electron chi connectivity index (χ3n) is 1.80. The van der Waals surface area contributed by atoms with Crippen molar-refractivity contribution >= 4 is 5.91 Å². The zero-order chi connectivity index (χ0) is 12.8. The van der Waals surface area contributed by atoms with E-state index in [4.69, 9.17) is 0 Å². The van der Waals surface area contributed by atoms with E-state index in [1.54, 1.807) is 24.3 Å². The summed E-state index contributed by atoms with van der Waals surface area (Å²) in [7, 11) is 0. The van der Waals surface area contributed by atoms with Gasteiger partial charge in [0.15, 0.2) is 0 Å². The third-order valence-corrected chi connectivity index (χ3v) is 1.80. The summed E-state index contributed by atoms with van der Waals surface area (Å²) in [4.78, 5) is 11.5. The summed E-state index contributed by atoms with van der Waals surface area (Å²) in [6, 6.07) is 0. The Balaban J connectivity index is 0. The lowest BCUT2D eigenvalue weighted by Crippen LogP contribution is -2.25. The molecule has 1 N–H and O–H groups in total. The molecule has 92 valence electrons. The fraction of sp³-hybridized carbons (Fsp3) is 0.500. The molecule has 16 heavy (non-hydrogen) atoms. The second-order valence-corrected chi connectivity index (χ2v) is 2.95. The van der Waals surface area contributed by atoms with Crippen LogP contribution in [-0.2, 0) is 4.79 Å². The van der Waals surface area contributed by atoms with Gasteiger partial charge in [-0.25, -0.2) is 0 Å². The lowest BCUT2D eigenvalue weighted by atomic mass is 10.2. The molecule has 0 aliphatic rings. The van der Waals surface area contributed by atoms with E-state index in [9.17, 15) is 4.79 Å². The van der Waals surface area contributed by atoms with Gasteiger partial charge in [0.05, 0.1) is 0 Å². The monoisotopic (exact) mass is 223 g/mol. The van der Waals surface area contributed by atoms with E-state index in [0.29, 0.717) is 5.57 Å². The average Bonchev–Trinajstić information content (AvgIpc) is 2.33. The Bertz CT molecular complexity index is 239. The maximum Gasteiger partial charge on any atom is 0.250 e. The average molecular weight is 223 g/mol. The minimum absolute atomic E-state index is 0.0148. The molecular weight excluding hydrogens is 198 g/mol. The second kappa shape index (κ2) is 13.7. The van der Waals surface area contributed by atoms with Gasteiger partial charge in [0, 0.05) is 12.1 Å². The Morgan fingerprint density at radius 2 is 2.00 bits per heavy atom. The van der Waals surface area contributed by atoms with Gasteiger partial charge in [0.1, 0.15) is 0 Å². The number of allylic oxidation sites excluding steroid dienone is 3. The Morgan fingerprint density at radius 3 is 2.44 bits per heavy atom. The lowest BCUT2D eigenvalue weighted by molar-refractivity contribution is -0.117. The molecule has 0 bridgehead atoms. The highest BCUT2D eigenvalue weighted by Crippen LogP contribution is 1.97. The van der Waals surface area contributed by atoms with Gasteiger partial charge in [-0.1, -0.05) is 52.0 Å². The number of carbonyl (C=O) groups is 1. The Kier molecular flexibility index (Phi) is 14.6. The van der Waals surface area contributed by atoms with Crippen LogP contribution < -0.4 is 5.32 Å². The summed E-state index contributed by atoms with van der Waals surface area (Å²) < 4.78 is 0. The number of hydrogen-bond acceptors (Lipinski definition) is 1. The minimum Gasteiger partial charge on any atom is -0.352 e. The van der Waals surface area contributed by atoms with Crippen LogP contribution in [0.4, 0.5) is 0 Å². The maximum atomic E-state index is 11.5. The second-order valence-electron chi connectivity index (χ2n) is 2.95. The van der Waals surface area contributed by atoms with E-state index < -0.39 is 0 Å². The fourth-order valence-electron chi connectivity index (χ4n) is 0.955. The van der Waals surface area contributed by atoms with E-state index in [-0.39, 0.29) is 5.91 Å². The molecule has 0 aromatic carbocycles. The summed E-state index contributed by atoms with van der Waals surface area (Å²) in [5.74, 6) is -0.0148. The van der Waals surface area contributed by atoms with Gasteiger partial charge in [0.2, 0.25) is 0 Å². The molecule has 0 rings (SSSR count). The molecule has 0 heterocycles. The predicted octanol–water partition coefficient (Wildman–Crippen LogP) is 3.62. The van der Waals surface area contributed by atoms with Crippen LogP contribution in [0.5, 0.6) is 0 Å². The fourth-order valence-corrected chi connectivity index (χ4v) is 0.955. The van der Waals surface area contributed by atoms with Crippen molar-refractivity contribution < 1.29 is 4.79 Å². The van der Waals surface area contributed by atoms with E-state index >= 15 is 0 Å². The molecule has 0 radical (unpaired) electrons. The molecule has 2 heteroatoms. The van der Waals surface area contributed by atoms with Gasteiger partial charge in [-0.3, -0.25) is 4.79 Å². The largest absolute Gasteiger partial charge is 0.352 e. The van der Waals surface area contributed by atoms with Gasteiger partial charge in [-0.05, 0) is 19.4 Å². The van der Waals surface area contributed by atoms with Crippen molar-refractivity contribution in [1.82, 2.24) is 5.32 Å². The summed E-state index contributed by atoms with van der Waals surface area (Å²) >= 11 is 0. The van der Waals surface area contributed by atoms with Crippen LogP contribution in [0.25, 0.3) is 0 Å². The van der Waals surface area contributed by atoms with Crippen LogP contribution in [0, 0.1) is 0 Å². The molecular formula is C14H25NO. The van der Waals surface area contributed by atoms with Crippen LogP contribution >= 0.6 is 0 Å². The number of hydrogen-bond donors (Lipinski definition) is 1. The van der Waals surface area contributed by atoms with Crippen LogP contribution in [0.1, 0.15) is 40.5 Å². The highest BCUT2D eigenvalue weighted by Gasteiger charge is 2.02. The van der Waals surface area contributed by atoms with Crippen molar-refractivity contribution in [3.05, 3.63) is 36.5 Å². The van der Waals surface area contributed by atoms with Gasteiger partial charge in [-0.15, -0.1) is 0 Å². The number of unbranched alkanes of at least 4 members (excludes halogenated alkanes) is 1. The Labute approximate surface area is 100 Å². The quantitative estimate of drug-likeness (QED) is 0.416. The number of amides is 1. The van der Waals surface area contributed by atoms with Crippen molar-refractivity contribution in [3.63, 3.8) is 0 Å². The molecule has 0 atom stereocenters. The number of carbonyl (C=O) groups excluding carboxylic acids is 1. The van der Waals surface area contributed by atoms with E-state index in [1.807, 2.05) is 20.8 Å². The van der Waals surface area contributed by atoms with Crippen molar-refractivity contribution in [2.45, 2.75) is 40.5 Å². The lowest BCUT2D eigenvalue weighted by Gasteiger charge is -2.03. The highest BCUT2D eigenvalue weighted by molar-refractivity contribution is 5.96. The molecule has 2 nitrogen and oxygen atoms in total. The minimum atomic E-state index is -0.0148. The van der Waals surface area contributed by atoms with Gasteiger partial charge < -0.3 is 5.32 Å². The van der Waals surface area contributed by atoms with Gasteiger partial charge in [0.25, 0.3) is 5.91 Å². The number of nitrogens with one attached hydrogen (secondary N) is 1. The van der Waals surface area contributed by atoms with Crippen LogP contribution in [0.3, 0.4) is 0 Å². The molecule has 0 saturated heterocycles. The van der Waals surface area contributed by atoms with Gasteiger partial charge in [-0.2, -0.15) is 0 Å². The van der Waals surface area contributed by atoms with Crippen LogP contribution in [0.15, 0.2) is 36.5 Å². The van der Waals surface area contributed by atoms with E-state index in [2.05, 4.69) is 18.8 Å². The molecule has 0 aromatic rings. The zero-order valence-electron chi connectivity index (χ0n) is 11.0. The topological polar surface area (TPSA) is 29.1 Å². The van der Waals surface area contributed by atoms with Crippen LogP contribution in [-0.4, -0.2) is 12.5 Å². The third kappa shape index (κ3) is 9.25. The molecule has 0 aliphatic heterocycles. The molecule has 0 aliphatic carbocycles. The Morgan fingerprint density at radius 1 is 1.38 bits per heavy atom. The Hall–Kier alpha value is -1.31. The van der Waals surface area contributed by atoms with Crippen molar-refractivity contribution in [2.24, 2.45) is 0 Å². The first kappa shape index (κ1) is 17.1. The maximum absolute atomic E-state index is 11.5. The zero-order valence-corrected chi connectivity index (χ0v) is 11.0. The van der Waals surface area contributed by atoms with Crippen molar-refractivity contribution in [1.29, 1.82) is 0 Å². The first-order valence-corrected chi connectivity index (χ1v) is 5.99. The smallest absolute Gasteiger partial charge is 0.250 e. The highest BCUT2D eigenvalue weighted by atomic mass is 16.1. The van der Waals surface area contributed by atoms with Crippen molar-refractivity contribution in [2.75, 3.05) is 6.54 Å². The standard InChI is InChI=1S/C12H19NO.C2H6/c1-4-7-9-11(6-3)12(14)13-10-8-5-2;1-2/h4,6-7,9H,1,5,8,10H2,2-3H3,(H,13,14);1-2H3/b9-7-,11-6+;. The molecule has 0 fully saturated rings. The molecule has 0 aromatic heterocycles. The summed E-state index contributed by atoms with van der Waals surface area (Å²) in [6.07, 6.45) is 9.08. The van der Waals surface area contributed by atoms with Gasteiger partial charge >= 0.3 is 0 Å². The summed E-state index contributed by atoms with van der Waals surface area (Å²) in [5, 5.41) is 2.85.